The van der Waals surface area contributed by atoms with Crippen LogP contribution in [0.4, 0.5) is 0 Å². The minimum Gasteiger partial charge on any atom is -0.358 e. The molecule has 3 rings (SSSR count). The second-order valence-electron chi connectivity index (χ2n) is 7.33. The van der Waals surface area contributed by atoms with Gasteiger partial charge < -0.3 is 4.98 Å². The van der Waals surface area contributed by atoms with Gasteiger partial charge in [-0.1, -0.05) is 12.1 Å². The Kier molecular flexibility index (Phi) is 5.61. The summed E-state index contributed by atoms with van der Waals surface area (Å²) >= 11 is 0. The average molecular weight is 436 g/mol. The number of hydrogen-bond donors (Lipinski definition) is 1. The Hall–Kier alpha value is -2.20. The van der Waals surface area contributed by atoms with E-state index in [2.05, 4.69) is 4.98 Å². The molecule has 2 aromatic carbocycles. The molecule has 0 radical (unpaired) electrons. The first kappa shape index (κ1) is 21.5. The average Bonchev–Trinajstić information content (AvgIpc) is 2.96. The first-order valence-electron chi connectivity index (χ1n) is 9.00. The van der Waals surface area contributed by atoms with Gasteiger partial charge in [-0.25, -0.2) is 25.4 Å². The molecule has 0 spiro atoms. The molecule has 0 saturated carbocycles. The smallest absolute Gasteiger partial charge is 0.242 e. The molecule has 0 fully saturated rings. The second-order valence-corrected chi connectivity index (χ2v) is 11.6. The van der Waals surface area contributed by atoms with Gasteiger partial charge in [-0.3, -0.25) is 0 Å². The van der Waals surface area contributed by atoms with Crippen molar-refractivity contribution in [3.63, 3.8) is 0 Å². The molecule has 9 heteroatoms. The van der Waals surface area contributed by atoms with Crippen molar-refractivity contribution in [3.8, 4) is 0 Å². The highest BCUT2D eigenvalue weighted by Crippen LogP contribution is 2.28. The number of H-pyrrole nitrogens is 1. The molecule has 0 atom stereocenters. The summed E-state index contributed by atoms with van der Waals surface area (Å²) in [5.74, 6) is 0. The number of sulfonamides is 2. The molecular formula is C20H25N3O4S2. The summed E-state index contributed by atoms with van der Waals surface area (Å²) in [5, 5.41) is 0.811. The summed E-state index contributed by atoms with van der Waals surface area (Å²) in [6.07, 6.45) is 0.480. The van der Waals surface area contributed by atoms with E-state index in [0.717, 1.165) is 27.7 Å². The molecule has 0 saturated heterocycles. The normalized spacial score (nSPS) is 12.9. The summed E-state index contributed by atoms with van der Waals surface area (Å²) in [4.78, 5) is 3.73. The lowest BCUT2D eigenvalue weighted by Crippen LogP contribution is -2.22. The highest BCUT2D eigenvalue weighted by Gasteiger charge is 2.20. The predicted molar refractivity (Wildman–Crippen MR) is 114 cm³/mol. The lowest BCUT2D eigenvalue weighted by atomic mass is 10.0. The number of aromatic amines is 1. The van der Waals surface area contributed by atoms with Crippen LogP contribution in [-0.2, 0) is 26.5 Å². The fourth-order valence-corrected chi connectivity index (χ4v) is 5.09. The monoisotopic (exact) mass is 435 g/mol. The van der Waals surface area contributed by atoms with Gasteiger partial charge in [0.2, 0.25) is 20.0 Å². The predicted octanol–water partition coefficient (Wildman–Crippen LogP) is 2.57. The van der Waals surface area contributed by atoms with Crippen molar-refractivity contribution in [2.24, 2.45) is 0 Å². The van der Waals surface area contributed by atoms with Crippen LogP contribution in [0.2, 0.25) is 0 Å². The molecule has 0 aliphatic rings. The third-order valence-corrected chi connectivity index (χ3v) is 8.55. The molecule has 3 aromatic rings. The van der Waals surface area contributed by atoms with Crippen LogP contribution >= 0.6 is 0 Å². The van der Waals surface area contributed by atoms with E-state index >= 15 is 0 Å². The van der Waals surface area contributed by atoms with Gasteiger partial charge in [-0.15, -0.1) is 0 Å². The van der Waals surface area contributed by atoms with Crippen LogP contribution in [0.15, 0.2) is 52.3 Å². The van der Waals surface area contributed by atoms with Gasteiger partial charge >= 0.3 is 0 Å². The molecule has 0 bridgehead atoms. The Morgan fingerprint density at radius 1 is 0.828 bits per heavy atom. The van der Waals surface area contributed by atoms with Crippen molar-refractivity contribution >= 4 is 30.9 Å². The van der Waals surface area contributed by atoms with E-state index in [4.69, 9.17) is 0 Å². The van der Waals surface area contributed by atoms with E-state index in [9.17, 15) is 16.8 Å². The number of nitrogens with one attached hydrogen (secondary N) is 1. The number of aromatic nitrogens is 1. The summed E-state index contributed by atoms with van der Waals surface area (Å²) < 4.78 is 52.3. The number of nitrogens with zero attached hydrogens (tertiary/aromatic N) is 2. The minimum atomic E-state index is -3.55. The summed E-state index contributed by atoms with van der Waals surface area (Å²) in [5.41, 5.74) is 3.53. The molecule has 1 heterocycles. The lowest BCUT2D eigenvalue weighted by Gasteiger charge is -2.13. The topological polar surface area (TPSA) is 90.5 Å². The Morgan fingerprint density at radius 2 is 1.41 bits per heavy atom. The Balaban J connectivity index is 2.09. The third kappa shape index (κ3) is 3.95. The van der Waals surface area contributed by atoms with Crippen LogP contribution in [0.1, 0.15) is 16.8 Å². The molecule has 1 N–H and O–H groups in total. The first-order chi connectivity index (χ1) is 13.4. The molecule has 0 aliphatic carbocycles. The maximum absolute atomic E-state index is 12.5. The van der Waals surface area contributed by atoms with Crippen LogP contribution in [0, 0.1) is 6.92 Å². The quantitative estimate of drug-likeness (QED) is 0.644. The zero-order valence-corrected chi connectivity index (χ0v) is 18.7. The van der Waals surface area contributed by atoms with Gasteiger partial charge in [0.25, 0.3) is 0 Å². The molecule has 1 aromatic heterocycles. The van der Waals surface area contributed by atoms with Gasteiger partial charge in [-0.2, -0.15) is 0 Å². The van der Waals surface area contributed by atoms with Crippen molar-refractivity contribution in [1.82, 2.24) is 13.6 Å². The Bertz CT molecular complexity index is 1270. The summed E-state index contributed by atoms with van der Waals surface area (Å²) in [6.45, 7) is 1.93. The maximum atomic E-state index is 12.5. The molecule has 29 heavy (non-hydrogen) atoms. The van der Waals surface area contributed by atoms with Crippen molar-refractivity contribution in [2.45, 2.75) is 23.1 Å². The zero-order chi connectivity index (χ0) is 21.6. The molecular weight excluding hydrogens is 410 g/mol. The van der Waals surface area contributed by atoms with E-state index in [1.54, 1.807) is 36.4 Å². The highest BCUT2D eigenvalue weighted by molar-refractivity contribution is 7.89. The maximum Gasteiger partial charge on any atom is 0.242 e. The molecule has 0 amide bonds. The Labute approximate surface area is 172 Å². The highest BCUT2D eigenvalue weighted by atomic mass is 32.2. The fraction of sp³-hybridized carbons (Fsp3) is 0.300. The number of benzene rings is 2. The van der Waals surface area contributed by atoms with Gasteiger partial charge in [0.05, 0.1) is 9.79 Å². The Morgan fingerprint density at radius 3 is 2.00 bits per heavy atom. The van der Waals surface area contributed by atoms with Crippen molar-refractivity contribution in [3.05, 3.63) is 59.3 Å². The van der Waals surface area contributed by atoms with E-state index in [0.29, 0.717) is 6.42 Å². The van der Waals surface area contributed by atoms with Crippen LogP contribution in [0.25, 0.3) is 10.9 Å². The molecule has 0 unspecified atom stereocenters. The van der Waals surface area contributed by atoms with Crippen molar-refractivity contribution in [2.75, 3.05) is 28.2 Å². The fourth-order valence-electron chi connectivity index (χ4n) is 3.19. The third-order valence-electron chi connectivity index (χ3n) is 4.93. The number of rotatable bonds is 6. The molecule has 7 nitrogen and oxygen atoms in total. The largest absolute Gasteiger partial charge is 0.358 e. The van der Waals surface area contributed by atoms with Gasteiger partial charge in [-0.05, 0) is 54.8 Å². The summed E-state index contributed by atoms with van der Waals surface area (Å²) in [6, 6.07) is 11.8. The van der Waals surface area contributed by atoms with Crippen molar-refractivity contribution in [1.29, 1.82) is 0 Å². The van der Waals surface area contributed by atoms with Crippen LogP contribution in [0.3, 0.4) is 0 Å². The second kappa shape index (κ2) is 7.56. The number of fused-ring (bicyclic) bond motifs is 1. The van der Waals surface area contributed by atoms with E-state index in [-0.39, 0.29) is 9.79 Å². The van der Waals surface area contributed by atoms with Gasteiger partial charge in [0, 0.05) is 44.8 Å². The summed E-state index contributed by atoms with van der Waals surface area (Å²) in [7, 11) is -1.08. The molecule has 156 valence electrons. The first-order valence-corrected chi connectivity index (χ1v) is 11.9. The standard InChI is InChI=1S/C20H25N3O4S2/c1-14-18(12-15-7-6-8-16(11-15)28(24,25)22(2)3)19-13-17(9-10-20(19)21-14)29(26,27)23(4)5/h6-11,13,21H,12H2,1-5H3. The minimum absolute atomic E-state index is 0.221. The SMILES string of the molecule is Cc1[nH]c2ccc(S(=O)(=O)N(C)C)cc2c1Cc1cccc(S(=O)(=O)N(C)C)c1. The van der Waals surface area contributed by atoms with Gasteiger partial charge in [0.15, 0.2) is 0 Å². The number of aryl methyl sites for hydroxylation is 1. The molecule has 0 aliphatic heterocycles. The number of hydrogen-bond acceptors (Lipinski definition) is 4. The van der Waals surface area contributed by atoms with Crippen LogP contribution in [-0.4, -0.2) is 58.6 Å². The van der Waals surface area contributed by atoms with Crippen LogP contribution < -0.4 is 0 Å². The van der Waals surface area contributed by atoms with Crippen LogP contribution in [0.5, 0.6) is 0 Å². The van der Waals surface area contributed by atoms with Crippen molar-refractivity contribution < 1.29 is 16.8 Å². The lowest BCUT2D eigenvalue weighted by molar-refractivity contribution is 0.519. The van der Waals surface area contributed by atoms with E-state index < -0.39 is 20.0 Å². The van der Waals surface area contributed by atoms with E-state index in [1.165, 1.54) is 36.8 Å². The van der Waals surface area contributed by atoms with Gasteiger partial charge in [0.1, 0.15) is 0 Å². The zero-order valence-electron chi connectivity index (χ0n) is 17.1. The van der Waals surface area contributed by atoms with E-state index in [1.807, 2.05) is 13.0 Å².